The monoisotopic (exact) mass is 172 g/mol. The predicted molar refractivity (Wildman–Crippen MR) is 49.7 cm³/mol. The molecule has 0 saturated heterocycles. The molecule has 0 unspecified atom stereocenters. The minimum Gasteiger partial charge on any atom is -0.298 e. The second-order valence-corrected chi connectivity index (χ2v) is 2.94. The van der Waals surface area contributed by atoms with Crippen LogP contribution in [0.3, 0.4) is 0 Å². The summed E-state index contributed by atoms with van der Waals surface area (Å²) in [7, 11) is 0. The molecule has 0 atom stereocenters. The fraction of sp³-hybridized carbons (Fsp3) is 0.100. The second-order valence-electron chi connectivity index (χ2n) is 2.94. The number of aromatic nitrogens is 2. The number of rotatable bonds is 1. The van der Waals surface area contributed by atoms with Gasteiger partial charge in [-0.2, -0.15) is 0 Å². The molecule has 0 fully saturated rings. The van der Waals surface area contributed by atoms with Gasteiger partial charge in [-0.1, -0.05) is 0 Å². The molecule has 3 heteroatoms. The maximum Gasteiger partial charge on any atom is 0.151 e. The molecule has 2 heterocycles. The Morgan fingerprint density at radius 3 is 2.62 bits per heavy atom. The van der Waals surface area contributed by atoms with Crippen LogP contribution in [0.15, 0.2) is 24.5 Å². The van der Waals surface area contributed by atoms with Gasteiger partial charge in [0.15, 0.2) is 6.29 Å². The van der Waals surface area contributed by atoms with E-state index in [1.807, 2.05) is 13.0 Å². The summed E-state index contributed by atoms with van der Waals surface area (Å²) in [4.78, 5) is 18.7. The number of hydrogen-bond acceptors (Lipinski definition) is 3. The number of aryl methyl sites for hydroxylation is 1. The lowest BCUT2D eigenvalue weighted by Crippen LogP contribution is -1.87. The Labute approximate surface area is 75.4 Å². The fourth-order valence-corrected chi connectivity index (χ4v) is 1.18. The van der Waals surface area contributed by atoms with E-state index in [4.69, 9.17) is 0 Å². The highest BCUT2D eigenvalue weighted by atomic mass is 16.1. The molecule has 0 aliphatic rings. The van der Waals surface area contributed by atoms with Gasteiger partial charge in [0.2, 0.25) is 0 Å². The number of pyridine rings is 2. The SMILES string of the molecule is Cc1cnc2cc(C=O)cnc2c1. The standard InChI is InChI=1S/C10H8N2O/c1-7-2-9-10(11-4-7)3-8(6-13)5-12-9/h2-6H,1H3. The van der Waals surface area contributed by atoms with Crippen LogP contribution < -0.4 is 0 Å². The number of fused-ring (bicyclic) bond motifs is 1. The van der Waals surface area contributed by atoms with Crippen molar-refractivity contribution in [2.75, 3.05) is 0 Å². The lowest BCUT2D eigenvalue weighted by molar-refractivity contribution is 0.112. The van der Waals surface area contributed by atoms with Crippen molar-refractivity contribution in [1.29, 1.82) is 0 Å². The van der Waals surface area contributed by atoms with Crippen molar-refractivity contribution in [2.45, 2.75) is 6.92 Å². The van der Waals surface area contributed by atoms with Crippen molar-refractivity contribution in [2.24, 2.45) is 0 Å². The third-order valence-electron chi connectivity index (χ3n) is 1.83. The van der Waals surface area contributed by atoms with Crippen molar-refractivity contribution in [1.82, 2.24) is 9.97 Å². The van der Waals surface area contributed by atoms with E-state index in [0.717, 1.165) is 22.9 Å². The van der Waals surface area contributed by atoms with Gasteiger partial charge >= 0.3 is 0 Å². The molecule has 0 aliphatic carbocycles. The Hall–Kier alpha value is -1.77. The van der Waals surface area contributed by atoms with Crippen molar-refractivity contribution in [3.8, 4) is 0 Å². The van der Waals surface area contributed by atoms with Crippen molar-refractivity contribution in [3.05, 3.63) is 35.7 Å². The first kappa shape index (κ1) is 7.86. The van der Waals surface area contributed by atoms with E-state index in [2.05, 4.69) is 9.97 Å². The molecule has 2 aromatic heterocycles. The molecule has 0 aliphatic heterocycles. The second kappa shape index (κ2) is 2.94. The van der Waals surface area contributed by atoms with Gasteiger partial charge in [0.25, 0.3) is 0 Å². The average Bonchev–Trinajstić information content (AvgIpc) is 2.17. The average molecular weight is 172 g/mol. The zero-order valence-corrected chi connectivity index (χ0v) is 7.19. The van der Waals surface area contributed by atoms with Crippen LogP contribution in [0.2, 0.25) is 0 Å². The van der Waals surface area contributed by atoms with E-state index in [9.17, 15) is 4.79 Å². The smallest absolute Gasteiger partial charge is 0.151 e. The van der Waals surface area contributed by atoms with Gasteiger partial charge in [-0.25, -0.2) is 0 Å². The Bertz CT molecular complexity index is 465. The molecule has 0 spiro atoms. The molecule has 13 heavy (non-hydrogen) atoms. The molecule has 3 nitrogen and oxygen atoms in total. The Morgan fingerprint density at radius 2 is 1.85 bits per heavy atom. The lowest BCUT2D eigenvalue weighted by atomic mass is 10.2. The maximum atomic E-state index is 10.4. The van der Waals surface area contributed by atoms with Gasteiger partial charge in [0.1, 0.15) is 0 Å². The summed E-state index contributed by atoms with van der Waals surface area (Å²) in [5, 5.41) is 0. The minimum absolute atomic E-state index is 0.559. The van der Waals surface area contributed by atoms with Gasteiger partial charge in [0.05, 0.1) is 11.0 Å². The summed E-state index contributed by atoms with van der Waals surface area (Å²) >= 11 is 0. The molecule has 0 aromatic carbocycles. The van der Waals surface area contributed by atoms with Crippen LogP contribution in [-0.2, 0) is 0 Å². The van der Waals surface area contributed by atoms with E-state index in [0.29, 0.717) is 5.56 Å². The highest BCUT2D eigenvalue weighted by Gasteiger charge is 1.97. The number of carbonyl (C=O) groups is 1. The number of nitrogens with zero attached hydrogens (tertiary/aromatic N) is 2. The summed E-state index contributed by atoms with van der Waals surface area (Å²) in [5.74, 6) is 0. The third kappa shape index (κ3) is 1.40. The molecular formula is C10H8N2O. The zero-order chi connectivity index (χ0) is 9.26. The lowest BCUT2D eigenvalue weighted by Gasteiger charge is -1.97. The Kier molecular flexibility index (Phi) is 1.77. The van der Waals surface area contributed by atoms with Crippen LogP contribution in [0.4, 0.5) is 0 Å². The fourth-order valence-electron chi connectivity index (χ4n) is 1.18. The Morgan fingerprint density at radius 1 is 1.15 bits per heavy atom. The molecular weight excluding hydrogens is 164 g/mol. The molecule has 64 valence electrons. The number of hydrogen-bond donors (Lipinski definition) is 0. The van der Waals surface area contributed by atoms with E-state index >= 15 is 0 Å². The maximum absolute atomic E-state index is 10.4. The van der Waals surface area contributed by atoms with E-state index in [-0.39, 0.29) is 0 Å². The van der Waals surface area contributed by atoms with Gasteiger partial charge < -0.3 is 0 Å². The summed E-state index contributed by atoms with van der Waals surface area (Å²) in [5.41, 5.74) is 3.21. The zero-order valence-electron chi connectivity index (χ0n) is 7.19. The van der Waals surface area contributed by atoms with Crippen molar-refractivity contribution in [3.63, 3.8) is 0 Å². The van der Waals surface area contributed by atoms with E-state index < -0.39 is 0 Å². The Balaban J connectivity index is 2.73. The van der Waals surface area contributed by atoms with Crippen molar-refractivity contribution < 1.29 is 4.79 Å². The van der Waals surface area contributed by atoms with E-state index in [1.54, 1.807) is 18.5 Å². The van der Waals surface area contributed by atoms with Crippen molar-refractivity contribution >= 4 is 17.3 Å². The third-order valence-corrected chi connectivity index (χ3v) is 1.83. The quantitative estimate of drug-likeness (QED) is 0.615. The van der Waals surface area contributed by atoms with Crippen LogP contribution in [0.1, 0.15) is 15.9 Å². The normalized spacial score (nSPS) is 10.2. The summed E-state index contributed by atoms with van der Waals surface area (Å²) < 4.78 is 0. The molecule has 0 N–H and O–H groups in total. The van der Waals surface area contributed by atoms with Crippen LogP contribution in [-0.4, -0.2) is 16.3 Å². The van der Waals surface area contributed by atoms with Gasteiger partial charge in [-0.05, 0) is 24.6 Å². The summed E-state index contributed by atoms with van der Waals surface area (Å²) in [6, 6.07) is 3.67. The largest absolute Gasteiger partial charge is 0.298 e. The molecule has 0 radical (unpaired) electrons. The molecule has 0 amide bonds. The molecule has 2 aromatic rings. The van der Waals surface area contributed by atoms with Crippen LogP contribution in [0.25, 0.3) is 11.0 Å². The summed E-state index contributed by atoms with van der Waals surface area (Å²) in [6.45, 7) is 1.96. The van der Waals surface area contributed by atoms with Crippen LogP contribution >= 0.6 is 0 Å². The minimum atomic E-state index is 0.559. The van der Waals surface area contributed by atoms with E-state index in [1.165, 1.54) is 0 Å². The highest BCUT2D eigenvalue weighted by Crippen LogP contribution is 2.10. The highest BCUT2D eigenvalue weighted by molar-refractivity contribution is 5.83. The van der Waals surface area contributed by atoms with Gasteiger partial charge in [-0.3, -0.25) is 14.8 Å². The van der Waals surface area contributed by atoms with Gasteiger partial charge in [-0.15, -0.1) is 0 Å². The van der Waals surface area contributed by atoms with Crippen LogP contribution in [0.5, 0.6) is 0 Å². The van der Waals surface area contributed by atoms with Gasteiger partial charge in [0, 0.05) is 18.0 Å². The first-order valence-electron chi connectivity index (χ1n) is 3.97. The summed E-state index contributed by atoms with van der Waals surface area (Å²) in [6.07, 6.45) is 4.09. The first-order chi connectivity index (χ1) is 6.29. The van der Waals surface area contributed by atoms with Crippen LogP contribution in [0, 0.1) is 6.92 Å². The predicted octanol–water partition coefficient (Wildman–Crippen LogP) is 1.75. The molecule has 0 saturated carbocycles. The molecule has 2 rings (SSSR count). The first-order valence-corrected chi connectivity index (χ1v) is 3.97. The number of carbonyl (C=O) groups excluding carboxylic acids is 1. The molecule has 0 bridgehead atoms. The number of aldehydes is 1. The topological polar surface area (TPSA) is 42.9 Å².